The number of aliphatic hydroxyl groups is 1. The number of pyridine rings is 1. The molecule has 194 valence electrons. The van der Waals surface area contributed by atoms with Gasteiger partial charge in [-0.25, -0.2) is 0 Å². The van der Waals surface area contributed by atoms with Gasteiger partial charge in [-0.1, -0.05) is 37.3 Å². The Morgan fingerprint density at radius 1 is 0.833 bits per heavy atom. The van der Waals surface area contributed by atoms with Gasteiger partial charge in [-0.3, -0.25) is 4.98 Å². The van der Waals surface area contributed by atoms with Gasteiger partial charge in [0.2, 0.25) is 0 Å². The van der Waals surface area contributed by atoms with Crippen molar-refractivity contribution < 1.29 is 40.9 Å². The number of hydrogen-bond acceptors (Lipinski definition) is 5. The largest absolute Gasteiger partial charge is 0.573 e. The lowest BCUT2D eigenvalue weighted by molar-refractivity contribution is -0.275. The van der Waals surface area contributed by atoms with Crippen LogP contribution in [-0.2, 0) is 12.0 Å². The second kappa shape index (κ2) is 11.2. The van der Waals surface area contributed by atoms with Gasteiger partial charge in [0.25, 0.3) is 0 Å². The topological polar surface area (TPSA) is 63.6 Å². The summed E-state index contributed by atoms with van der Waals surface area (Å²) >= 11 is 0. The highest BCUT2D eigenvalue weighted by atomic mass is 19.4. The highest BCUT2D eigenvalue weighted by Gasteiger charge is 2.38. The van der Waals surface area contributed by atoms with E-state index in [4.69, 9.17) is 0 Å². The zero-order valence-electron chi connectivity index (χ0n) is 19.1. The predicted octanol–water partition coefficient (Wildman–Crippen LogP) is 5.73. The van der Waals surface area contributed by atoms with Crippen LogP contribution in [-0.4, -0.2) is 35.5 Å². The maximum Gasteiger partial charge on any atom is 0.573 e. The first-order chi connectivity index (χ1) is 16.9. The van der Waals surface area contributed by atoms with E-state index in [1.54, 1.807) is 25.1 Å². The smallest absolute Gasteiger partial charge is 0.406 e. The molecule has 11 heteroatoms. The lowest BCUT2D eigenvalue weighted by Crippen LogP contribution is -2.48. The van der Waals surface area contributed by atoms with E-state index in [2.05, 4.69) is 19.8 Å². The zero-order valence-corrected chi connectivity index (χ0v) is 19.1. The minimum absolute atomic E-state index is 0.0158. The summed E-state index contributed by atoms with van der Waals surface area (Å²) < 4.78 is 85.9. The van der Waals surface area contributed by atoms with Crippen molar-refractivity contribution in [3.63, 3.8) is 0 Å². The van der Waals surface area contributed by atoms with Gasteiger partial charge < -0.3 is 19.9 Å². The molecule has 0 radical (unpaired) electrons. The van der Waals surface area contributed by atoms with E-state index in [0.717, 1.165) is 24.3 Å². The average molecular weight is 514 g/mol. The molecule has 0 saturated carbocycles. The van der Waals surface area contributed by atoms with E-state index in [-0.39, 0.29) is 24.1 Å². The predicted molar refractivity (Wildman–Crippen MR) is 119 cm³/mol. The molecule has 0 fully saturated rings. The van der Waals surface area contributed by atoms with Crippen molar-refractivity contribution in [3.8, 4) is 11.5 Å². The summed E-state index contributed by atoms with van der Waals surface area (Å²) in [6.45, 7) is 1.72. The molecule has 1 heterocycles. The molecule has 0 aliphatic heterocycles. The molecule has 0 saturated heterocycles. The average Bonchev–Trinajstić information content (AvgIpc) is 2.80. The van der Waals surface area contributed by atoms with Crippen LogP contribution in [0.2, 0.25) is 0 Å². The molecular formula is C25H24F6N2O3. The van der Waals surface area contributed by atoms with E-state index in [1.807, 2.05) is 0 Å². The summed E-state index contributed by atoms with van der Waals surface area (Å²) in [7, 11) is 0. The van der Waals surface area contributed by atoms with Crippen molar-refractivity contribution in [3.05, 3.63) is 89.7 Å². The minimum Gasteiger partial charge on any atom is -0.406 e. The molecule has 1 aromatic heterocycles. The van der Waals surface area contributed by atoms with Crippen molar-refractivity contribution in [1.29, 1.82) is 0 Å². The molecule has 1 unspecified atom stereocenters. The van der Waals surface area contributed by atoms with Crippen molar-refractivity contribution in [2.75, 3.05) is 6.54 Å². The summed E-state index contributed by atoms with van der Waals surface area (Å²) in [5, 5.41) is 13.5. The van der Waals surface area contributed by atoms with Gasteiger partial charge in [-0.05, 0) is 53.9 Å². The number of rotatable bonds is 10. The van der Waals surface area contributed by atoms with Crippen molar-refractivity contribution >= 4 is 0 Å². The van der Waals surface area contributed by atoms with Crippen LogP contribution in [0.5, 0.6) is 11.5 Å². The van der Waals surface area contributed by atoms with Crippen LogP contribution < -0.4 is 14.8 Å². The highest BCUT2D eigenvalue weighted by molar-refractivity contribution is 5.45. The monoisotopic (exact) mass is 514 g/mol. The number of hydrogen-bond donors (Lipinski definition) is 2. The van der Waals surface area contributed by atoms with Crippen LogP contribution >= 0.6 is 0 Å². The summed E-state index contributed by atoms with van der Waals surface area (Å²) in [5.41, 5.74) is -0.412. The molecular weight excluding hydrogens is 490 g/mol. The number of aliphatic hydroxyl groups excluding tert-OH is 1. The van der Waals surface area contributed by atoms with Gasteiger partial charge in [0, 0.05) is 24.9 Å². The van der Waals surface area contributed by atoms with E-state index >= 15 is 0 Å². The molecule has 0 aliphatic carbocycles. The number of alkyl halides is 6. The van der Waals surface area contributed by atoms with E-state index < -0.39 is 35.9 Å². The Morgan fingerprint density at radius 2 is 1.39 bits per heavy atom. The Morgan fingerprint density at radius 3 is 1.83 bits per heavy atom. The maximum absolute atomic E-state index is 12.9. The third-order valence-corrected chi connectivity index (χ3v) is 5.40. The van der Waals surface area contributed by atoms with Gasteiger partial charge in [0.05, 0.1) is 11.6 Å². The van der Waals surface area contributed by atoms with Crippen LogP contribution in [0.3, 0.4) is 0 Å². The Kier molecular flexibility index (Phi) is 8.47. The Hall–Kier alpha value is -3.31. The second-order valence-electron chi connectivity index (χ2n) is 8.00. The fraction of sp³-hybridized carbons (Fsp3) is 0.320. The van der Waals surface area contributed by atoms with Crippen LogP contribution in [0.25, 0.3) is 0 Å². The molecule has 36 heavy (non-hydrogen) atoms. The van der Waals surface area contributed by atoms with E-state index in [1.165, 1.54) is 30.5 Å². The van der Waals surface area contributed by atoms with Crippen LogP contribution in [0.15, 0.2) is 72.9 Å². The molecule has 3 rings (SSSR count). The van der Waals surface area contributed by atoms with Gasteiger partial charge >= 0.3 is 12.7 Å². The fourth-order valence-electron chi connectivity index (χ4n) is 3.77. The lowest BCUT2D eigenvalue weighted by Gasteiger charge is -2.37. The SMILES string of the molecule is CCC(O)CNC(Cc1ccccn1)(c1cccc(OC(F)(F)F)c1)c1cccc(OC(F)(F)F)c1. The number of nitrogens with one attached hydrogen (secondary N) is 1. The quantitative estimate of drug-likeness (QED) is 0.339. The minimum atomic E-state index is -4.95. The Labute approximate surface area is 203 Å². The number of nitrogens with zero attached hydrogens (tertiary/aromatic N) is 1. The zero-order chi connectivity index (χ0) is 26.4. The standard InChI is InChI=1S/C25H24F6N2O3/c1-2-20(34)16-33-23(15-19-9-3-4-12-32-19,17-7-5-10-21(13-17)35-24(26,27)28)18-8-6-11-22(14-18)36-25(29,30)31/h3-14,20,33-34H,2,15-16H2,1H3. The van der Waals surface area contributed by atoms with Crippen LogP contribution in [0.1, 0.15) is 30.2 Å². The molecule has 3 aromatic rings. The Balaban J connectivity index is 2.21. The first-order valence-corrected chi connectivity index (χ1v) is 11.0. The van der Waals surface area contributed by atoms with E-state index in [0.29, 0.717) is 12.1 Å². The molecule has 0 bridgehead atoms. The molecule has 2 N–H and O–H groups in total. The third kappa shape index (κ3) is 7.59. The normalized spacial score (nSPS) is 13.3. The first kappa shape index (κ1) is 27.3. The van der Waals surface area contributed by atoms with Crippen molar-refractivity contribution in [2.45, 2.75) is 44.1 Å². The summed E-state index contributed by atoms with van der Waals surface area (Å²) in [6.07, 6.45) is -8.83. The number of benzene rings is 2. The van der Waals surface area contributed by atoms with Gasteiger partial charge in [0.15, 0.2) is 0 Å². The number of ether oxygens (including phenoxy) is 2. The van der Waals surface area contributed by atoms with Crippen LogP contribution in [0.4, 0.5) is 26.3 Å². The van der Waals surface area contributed by atoms with Crippen molar-refractivity contribution in [2.24, 2.45) is 0 Å². The lowest BCUT2D eigenvalue weighted by atomic mass is 9.78. The fourth-order valence-corrected chi connectivity index (χ4v) is 3.77. The molecule has 0 aliphatic rings. The molecule has 1 atom stereocenters. The van der Waals surface area contributed by atoms with Gasteiger partial charge in [-0.2, -0.15) is 0 Å². The van der Waals surface area contributed by atoms with Crippen molar-refractivity contribution in [1.82, 2.24) is 10.3 Å². The Bertz CT molecular complexity index is 1060. The second-order valence-corrected chi connectivity index (χ2v) is 8.00. The summed E-state index contributed by atoms with van der Waals surface area (Å²) in [6, 6.07) is 15.3. The molecule has 5 nitrogen and oxygen atoms in total. The maximum atomic E-state index is 12.9. The highest BCUT2D eigenvalue weighted by Crippen LogP contribution is 2.38. The first-order valence-electron chi connectivity index (χ1n) is 11.0. The summed E-state index contributed by atoms with van der Waals surface area (Å²) in [4.78, 5) is 4.30. The number of aromatic nitrogens is 1. The third-order valence-electron chi connectivity index (χ3n) is 5.40. The molecule has 0 spiro atoms. The van der Waals surface area contributed by atoms with Gasteiger partial charge in [-0.15, -0.1) is 26.3 Å². The summed E-state index contributed by atoms with van der Waals surface area (Å²) in [5.74, 6) is -1.02. The molecule has 2 aromatic carbocycles. The van der Waals surface area contributed by atoms with E-state index in [9.17, 15) is 31.4 Å². The van der Waals surface area contributed by atoms with Gasteiger partial charge in [0.1, 0.15) is 11.5 Å². The number of halogens is 6. The van der Waals surface area contributed by atoms with Crippen LogP contribution in [0, 0.1) is 0 Å². The molecule has 0 amide bonds.